The zero-order valence-electron chi connectivity index (χ0n) is 17.0. The Kier molecular flexibility index (Phi) is 5.74. The van der Waals surface area contributed by atoms with Crippen molar-refractivity contribution in [1.29, 1.82) is 0 Å². The normalized spacial score (nSPS) is 25.8. The lowest BCUT2D eigenvalue weighted by Gasteiger charge is -2.36. The van der Waals surface area contributed by atoms with Gasteiger partial charge in [-0.15, -0.1) is 0 Å². The van der Waals surface area contributed by atoms with E-state index in [1.54, 1.807) is 32.9 Å². The molecule has 3 rings (SSSR count). The molecule has 1 aliphatic heterocycles. The molecule has 2 fully saturated rings. The third-order valence-corrected chi connectivity index (χ3v) is 5.53. The molecule has 160 valence electrons. The van der Waals surface area contributed by atoms with Gasteiger partial charge in [-0.1, -0.05) is 36.8 Å². The van der Waals surface area contributed by atoms with E-state index in [0.717, 1.165) is 10.5 Å². The predicted octanol–water partition coefficient (Wildman–Crippen LogP) is 4.34. The summed E-state index contributed by atoms with van der Waals surface area (Å²) in [6.07, 6.45) is -0.300. The average Bonchev–Trinajstić information content (AvgIpc) is 3.14. The number of rotatable bonds is 3. The lowest BCUT2D eigenvalue weighted by molar-refractivity contribution is -0.0924. The quantitative estimate of drug-likeness (QED) is 0.805. The van der Waals surface area contributed by atoms with E-state index in [9.17, 15) is 9.59 Å². The van der Waals surface area contributed by atoms with E-state index in [1.165, 1.54) is 0 Å². The first-order valence-corrected chi connectivity index (χ1v) is 9.85. The monoisotopic (exact) mass is 410 g/mol. The largest absolute Gasteiger partial charge is 0.445 e. The maximum atomic E-state index is 15.1. The minimum absolute atomic E-state index is 0.0222. The minimum Gasteiger partial charge on any atom is -0.445 e. The Morgan fingerprint density at radius 3 is 2.55 bits per heavy atom. The van der Waals surface area contributed by atoms with Gasteiger partial charge in [0.05, 0.1) is 12.0 Å². The molecule has 1 aromatic carbocycles. The van der Waals surface area contributed by atoms with Crippen LogP contribution in [-0.2, 0) is 16.1 Å². The van der Waals surface area contributed by atoms with Gasteiger partial charge in [0.1, 0.15) is 12.2 Å². The van der Waals surface area contributed by atoms with Gasteiger partial charge in [-0.05, 0) is 39.2 Å². The molecule has 2 amide bonds. The first kappa shape index (κ1) is 21.3. The van der Waals surface area contributed by atoms with Crippen LogP contribution in [0.25, 0.3) is 0 Å². The number of alkyl carbamates (subject to hydrolysis) is 1. The van der Waals surface area contributed by atoms with Gasteiger partial charge >= 0.3 is 12.2 Å². The highest BCUT2D eigenvalue weighted by atomic mass is 19.3. The van der Waals surface area contributed by atoms with E-state index in [-0.39, 0.29) is 19.6 Å². The number of hydrogen-bond donors (Lipinski definition) is 1. The summed E-state index contributed by atoms with van der Waals surface area (Å²) < 4.78 is 40.6. The van der Waals surface area contributed by atoms with Crippen LogP contribution < -0.4 is 5.32 Å². The second kappa shape index (κ2) is 7.80. The van der Waals surface area contributed by atoms with E-state index in [2.05, 4.69) is 5.32 Å². The summed E-state index contributed by atoms with van der Waals surface area (Å²) in [5.41, 5.74) is -1.44. The second-order valence-electron chi connectivity index (χ2n) is 8.85. The van der Waals surface area contributed by atoms with E-state index in [4.69, 9.17) is 9.47 Å². The van der Waals surface area contributed by atoms with Crippen molar-refractivity contribution in [3.8, 4) is 0 Å². The Bertz CT molecular complexity index is 751. The summed E-state index contributed by atoms with van der Waals surface area (Å²) in [5.74, 6) is -3.13. The van der Waals surface area contributed by atoms with Gasteiger partial charge in [-0.3, -0.25) is 0 Å². The molecule has 0 bridgehead atoms. The van der Waals surface area contributed by atoms with Crippen LogP contribution in [0.4, 0.5) is 18.4 Å². The summed E-state index contributed by atoms with van der Waals surface area (Å²) in [6.45, 7) is 4.29. The standard InChI is InChI=1S/C21H28F2N2O4/c1-19(2,3)29-17(26)24-16-10-7-11-20(16)13-25(14-21(20,22)23)18(27)28-12-15-8-5-4-6-9-15/h4-6,8-9,16H,7,10-14H2,1-3H3,(H,24,26)/t16?,20-/m1/s1. The Hall–Kier alpha value is -2.38. The van der Waals surface area contributed by atoms with E-state index in [0.29, 0.717) is 12.8 Å². The molecule has 2 atom stereocenters. The minimum atomic E-state index is -3.13. The molecule has 1 unspecified atom stereocenters. The molecule has 1 aliphatic carbocycles. The van der Waals surface area contributed by atoms with Crippen molar-refractivity contribution in [3.05, 3.63) is 35.9 Å². The average molecular weight is 410 g/mol. The number of nitrogens with one attached hydrogen (secondary N) is 1. The van der Waals surface area contributed by atoms with Crippen LogP contribution in [0.1, 0.15) is 45.6 Å². The lowest BCUT2D eigenvalue weighted by atomic mass is 9.78. The van der Waals surface area contributed by atoms with Crippen LogP contribution in [-0.4, -0.2) is 47.7 Å². The number of hydrogen-bond acceptors (Lipinski definition) is 4. The summed E-state index contributed by atoms with van der Waals surface area (Å²) in [5, 5.41) is 2.62. The van der Waals surface area contributed by atoms with Gasteiger partial charge < -0.3 is 19.7 Å². The van der Waals surface area contributed by atoms with Crippen molar-refractivity contribution in [3.63, 3.8) is 0 Å². The van der Waals surface area contributed by atoms with Crippen molar-refractivity contribution in [2.75, 3.05) is 13.1 Å². The molecule has 1 spiro atoms. The number of alkyl halides is 2. The molecule has 6 nitrogen and oxygen atoms in total. The van der Waals surface area contributed by atoms with Crippen LogP contribution >= 0.6 is 0 Å². The van der Waals surface area contributed by atoms with Crippen LogP contribution in [0.5, 0.6) is 0 Å². The predicted molar refractivity (Wildman–Crippen MR) is 103 cm³/mol. The summed E-state index contributed by atoms with van der Waals surface area (Å²) in [6, 6.07) is 8.30. The zero-order valence-corrected chi connectivity index (χ0v) is 17.0. The molecule has 1 aromatic rings. The first-order valence-electron chi connectivity index (χ1n) is 9.85. The number of ether oxygens (including phenoxy) is 2. The molecule has 1 heterocycles. The van der Waals surface area contributed by atoms with Crippen molar-refractivity contribution in [2.24, 2.45) is 5.41 Å². The summed E-state index contributed by atoms with van der Waals surface area (Å²) >= 11 is 0. The van der Waals surface area contributed by atoms with Gasteiger partial charge in [0.25, 0.3) is 5.92 Å². The number of halogens is 2. The first-order chi connectivity index (χ1) is 13.5. The fourth-order valence-electron chi connectivity index (χ4n) is 4.21. The SMILES string of the molecule is CC(C)(C)OC(=O)NC1CCC[C@@]12CN(C(=O)OCc1ccccc1)CC2(F)F. The number of carbonyl (C=O) groups excluding carboxylic acids is 2. The van der Waals surface area contributed by atoms with Gasteiger partial charge in [-0.2, -0.15) is 0 Å². The molecule has 2 aliphatic rings. The Labute approximate surface area is 169 Å². The lowest BCUT2D eigenvalue weighted by Crippen LogP contribution is -2.54. The third-order valence-electron chi connectivity index (χ3n) is 5.53. The topological polar surface area (TPSA) is 67.9 Å². The maximum Gasteiger partial charge on any atom is 0.410 e. The molecular weight excluding hydrogens is 382 g/mol. The van der Waals surface area contributed by atoms with Crippen LogP contribution in [0.2, 0.25) is 0 Å². The molecule has 29 heavy (non-hydrogen) atoms. The van der Waals surface area contributed by atoms with Gasteiger partial charge in [0, 0.05) is 12.6 Å². The number of amides is 2. The fraction of sp³-hybridized carbons (Fsp3) is 0.619. The van der Waals surface area contributed by atoms with Gasteiger partial charge in [0.2, 0.25) is 0 Å². The van der Waals surface area contributed by atoms with E-state index >= 15 is 8.78 Å². The fourth-order valence-corrected chi connectivity index (χ4v) is 4.21. The maximum absolute atomic E-state index is 15.1. The van der Waals surface area contributed by atoms with Crippen molar-refractivity contribution >= 4 is 12.2 Å². The highest BCUT2D eigenvalue weighted by molar-refractivity contribution is 5.70. The molecule has 1 N–H and O–H groups in total. The molecule has 1 saturated heterocycles. The summed E-state index contributed by atoms with van der Waals surface area (Å²) in [4.78, 5) is 25.6. The van der Waals surface area contributed by atoms with Crippen LogP contribution in [0.15, 0.2) is 30.3 Å². The van der Waals surface area contributed by atoms with E-state index in [1.807, 2.05) is 18.2 Å². The Balaban J connectivity index is 1.67. The molecule has 0 radical (unpaired) electrons. The number of nitrogens with zero attached hydrogens (tertiary/aromatic N) is 1. The second-order valence-corrected chi connectivity index (χ2v) is 8.85. The van der Waals surface area contributed by atoms with Crippen LogP contribution in [0.3, 0.4) is 0 Å². The highest BCUT2D eigenvalue weighted by Crippen LogP contribution is 2.54. The third kappa shape index (κ3) is 4.62. The molecule has 8 heteroatoms. The van der Waals surface area contributed by atoms with Crippen molar-refractivity contribution in [1.82, 2.24) is 10.2 Å². The zero-order chi connectivity index (χ0) is 21.3. The van der Waals surface area contributed by atoms with Crippen molar-refractivity contribution in [2.45, 2.75) is 64.2 Å². The smallest absolute Gasteiger partial charge is 0.410 e. The molecule has 1 saturated carbocycles. The number of benzene rings is 1. The number of carbonyl (C=O) groups is 2. The Morgan fingerprint density at radius 2 is 1.90 bits per heavy atom. The van der Waals surface area contributed by atoms with Crippen molar-refractivity contribution < 1.29 is 27.8 Å². The van der Waals surface area contributed by atoms with E-state index < -0.39 is 41.7 Å². The highest BCUT2D eigenvalue weighted by Gasteiger charge is 2.66. The summed E-state index contributed by atoms with van der Waals surface area (Å²) in [7, 11) is 0. The Morgan fingerprint density at radius 1 is 1.21 bits per heavy atom. The molecule has 0 aromatic heterocycles. The van der Waals surface area contributed by atoms with Gasteiger partial charge in [0.15, 0.2) is 0 Å². The number of likely N-dealkylation sites (tertiary alicyclic amines) is 1. The van der Waals surface area contributed by atoms with Gasteiger partial charge in [-0.25, -0.2) is 18.4 Å². The molecular formula is C21H28F2N2O4. The van der Waals surface area contributed by atoms with Crippen LogP contribution in [0, 0.1) is 5.41 Å².